The van der Waals surface area contributed by atoms with Crippen LogP contribution in [0.2, 0.25) is 0 Å². The summed E-state index contributed by atoms with van der Waals surface area (Å²) in [6.45, 7) is 4.48. The Morgan fingerprint density at radius 1 is 1.39 bits per heavy atom. The van der Waals surface area contributed by atoms with Gasteiger partial charge in [0.2, 0.25) is 5.95 Å². The number of hydrogen-bond acceptors (Lipinski definition) is 5. The molecule has 0 aliphatic rings. The van der Waals surface area contributed by atoms with Gasteiger partial charge >= 0.3 is 0 Å². The number of aromatic amines is 1. The lowest BCUT2D eigenvalue weighted by atomic mass is 10.1. The third-order valence-electron chi connectivity index (χ3n) is 3.81. The van der Waals surface area contributed by atoms with Crippen LogP contribution in [0.1, 0.15) is 18.1 Å². The van der Waals surface area contributed by atoms with Crippen molar-refractivity contribution in [1.82, 2.24) is 19.5 Å². The van der Waals surface area contributed by atoms with Gasteiger partial charge < -0.3 is 15.0 Å². The van der Waals surface area contributed by atoms with E-state index < -0.39 is 0 Å². The minimum absolute atomic E-state index is 0.0411. The van der Waals surface area contributed by atoms with Crippen LogP contribution in [0.4, 0.5) is 11.6 Å². The number of nitrogens with one attached hydrogen (secondary N) is 2. The number of aliphatic hydroxyl groups is 1. The highest BCUT2D eigenvalue weighted by Crippen LogP contribution is 2.19. The van der Waals surface area contributed by atoms with Gasteiger partial charge in [-0.3, -0.25) is 9.78 Å². The largest absolute Gasteiger partial charge is 0.395 e. The van der Waals surface area contributed by atoms with Crippen molar-refractivity contribution in [2.75, 3.05) is 11.9 Å². The van der Waals surface area contributed by atoms with Crippen LogP contribution < -0.4 is 10.9 Å². The monoisotopic (exact) mass is 313 g/mol. The molecule has 0 saturated heterocycles. The van der Waals surface area contributed by atoms with Crippen LogP contribution in [0, 0.1) is 6.92 Å². The average molecular weight is 313 g/mol. The van der Waals surface area contributed by atoms with Gasteiger partial charge in [-0.25, -0.2) is 4.98 Å². The number of fused-ring (bicyclic) bond motifs is 1. The van der Waals surface area contributed by atoms with Crippen molar-refractivity contribution in [2.45, 2.75) is 26.8 Å². The fourth-order valence-electron chi connectivity index (χ4n) is 2.55. The Morgan fingerprint density at radius 2 is 2.22 bits per heavy atom. The Bertz CT molecular complexity index is 897. The predicted molar refractivity (Wildman–Crippen MR) is 89.1 cm³/mol. The molecule has 1 aromatic carbocycles. The van der Waals surface area contributed by atoms with Gasteiger partial charge in [0, 0.05) is 12.2 Å². The van der Waals surface area contributed by atoms with Crippen molar-refractivity contribution in [2.24, 2.45) is 0 Å². The summed E-state index contributed by atoms with van der Waals surface area (Å²) in [6, 6.07) is 6.03. The Labute approximate surface area is 133 Å². The molecule has 0 radical (unpaired) electrons. The second-order valence-electron chi connectivity index (χ2n) is 5.37. The fourth-order valence-corrected chi connectivity index (χ4v) is 2.55. The number of aromatic nitrogens is 4. The van der Waals surface area contributed by atoms with Gasteiger partial charge in [-0.15, -0.1) is 0 Å². The zero-order chi connectivity index (χ0) is 16.4. The summed E-state index contributed by atoms with van der Waals surface area (Å²) >= 11 is 0. The Morgan fingerprint density at radius 3 is 2.96 bits per heavy atom. The van der Waals surface area contributed by atoms with Gasteiger partial charge in [-0.2, -0.15) is 4.98 Å². The standard InChI is InChI=1S/C16H19N5O2/c1-3-11-8-12(5-4-10(11)2)18-16-19-14-13(15(23)20-16)17-9-21(14)6-7-22/h4-5,8-9,22H,3,6-7H2,1-2H3,(H2,18,19,20,23). The number of H-pyrrole nitrogens is 1. The molecule has 3 aromatic rings. The molecule has 2 aromatic heterocycles. The van der Waals surface area contributed by atoms with E-state index in [1.165, 1.54) is 17.5 Å². The normalized spacial score (nSPS) is 11.1. The summed E-state index contributed by atoms with van der Waals surface area (Å²) in [4.78, 5) is 23.3. The summed E-state index contributed by atoms with van der Waals surface area (Å²) in [6.07, 6.45) is 2.45. The van der Waals surface area contributed by atoms with Crippen molar-refractivity contribution >= 4 is 22.8 Å². The van der Waals surface area contributed by atoms with Crippen molar-refractivity contribution in [1.29, 1.82) is 0 Å². The number of imidazole rings is 1. The maximum absolute atomic E-state index is 12.1. The van der Waals surface area contributed by atoms with E-state index in [1.807, 2.05) is 18.2 Å². The molecule has 120 valence electrons. The predicted octanol–water partition coefficient (Wildman–Crippen LogP) is 1.73. The average Bonchev–Trinajstić information content (AvgIpc) is 2.93. The Balaban J connectivity index is 2.00. The third kappa shape index (κ3) is 2.95. The van der Waals surface area contributed by atoms with E-state index in [0.717, 1.165) is 12.1 Å². The Kier molecular flexibility index (Phi) is 4.12. The summed E-state index contributed by atoms with van der Waals surface area (Å²) in [7, 11) is 0. The van der Waals surface area contributed by atoms with Gasteiger partial charge in [0.1, 0.15) is 0 Å². The molecule has 7 nitrogen and oxygen atoms in total. The second kappa shape index (κ2) is 6.21. The summed E-state index contributed by atoms with van der Waals surface area (Å²) in [5, 5.41) is 12.2. The Hall–Kier alpha value is -2.67. The number of anilines is 2. The maximum Gasteiger partial charge on any atom is 0.280 e. The first-order chi connectivity index (χ1) is 11.1. The summed E-state index contributed by atoms with van der Waals surface area (Å²) in [5.74, 6) is 0.355. The van der Waals surface area contributed by atoms with Crippen molar-refractivity contribution in [3.63, 3.8) is 0 Å². The van der Waals surface area contributed by atoms with E-state index in [4.69, 9.17) is 5.11 Å². The van der Waals surface area contributed by atoms with Crippen LogP contribution in [0.15, 0.2) is 29.3 Å². The van der Waals surface area contributed by atoms with Gasteiger partial charge in [-0.1, -0.05) is 13.0 Å². The minimum atomic E-state index is -0.308. The molecule has 0 bridgehead atoms. The van der Waals surface area contributed by atoms with E-state index in [9.17, 15) is 4.79 Å². The van der Waals surface area contributed by atoms with Gasteiger partial charge in [0.05, 0.1) is 12.9 Å². The van der Waals surface area contributed by atoms with Crippen LogP contribution in [0.5, 0.6) is 0 Å². The van der Waals surface area contributed by atoms with E-state index in [0.29, 0.717) is 18.1 Å². The highest BCUT2D eigenvalue weighted by molar-refractivity contribution is 5.71. The molecule has 0 fully saturated rings. The molecule has 7 heteroatoms. The second-order valence-corrected chi connectivity index (χ2v) is 5.37. The first kappa shape index (κ1) is 15.2. The summed E-state index contributed by atoms with van der Waals surface area (Å²) < 4.78 is 1.66. The molecule has 0 unspecified atom stereocenters. The first-order valence-electron chi connectivity index (χ1n) is 7.55. The topological polar surface area (TPSA) is 95.8 Å². The molecule has 23 heavy (non-hydrogen) atoms. The van der Waals surface area contributed by atoms with Crippen LogP contribution in [0.25, 0.3) is 11.2 Å². The quantitative estimate of drug-likeness (QED) is 0.666. The first-order valence-corrected chi connectivity index (χ1v) is 7.55. The molecular formula is C16H19N5O2. The van der Waals surface area contributed by atoms with E-state index >= 15 is 0 Å². The van der Waals surface area contributed by atoms with Crippen molar-refractivity contribution in [3.8, 4) is 0 Å². The van der Waals surface area contributed by atoms with Gasteiger partial charge in [-0.05, 0) is 36.6 Å². The fraction of sp³-hybridized carbons (Fsp3) is 0.312. The maximum atomic E-state index is 12.1. The van der Waals surface area contributed by atoms with Crippen LogP contribution >= 0.6 is 0 Å². The molecule has 0 aliphatic carbocycles. The third-order valence-corrected chi connectivity index (χ3v) is 3.81. The molecule has 0 spiro atoms. The van der Waals surface area contributed by atoms with Crippen LogP contribution in [0.3, 0.4) is 0 Å². The van der Waals surface area contributed by atoms with Crippen molar-refractivity contribution in [3.05, 3.63) is 46.0 Å². The zero-order valence-electron chi connectivity index (χ0n) is 13.1. The molecule has 3 N–H and O–H groups in total. The highest BCUT2D eigenvalue weighted by atomic mass is 16.3. The van der Waals surface area contributed by atoms with Crippen LogP contribution in [-0.4, -0.2) is 31.2 Å². The molecule has 2 heterocycles. The molecular weight excluding hydrogens is 294 g/mol. The van der Waals surface area contributed by atoms with Crippen LogP contribution in [-0.2, 0) is 13.0 Å². The van der Waals surface area contributed by atoms with Gasteiger partial charge in [0.25, 0.3) is 5.56 Å². The smallest absolute Gasteiger partial charge is 0.280 e. The lowest BCUT2D eigenvalue weighted by molar-refractivity contribution is 0.277. The number of rotatable bonds is 5. The minimum Gasteiger partial charge on any atom is -0.395 e. The summed E-state index contributed by atoms with van der Waals surface area (Å²) in [5.41, 5.74) is 3.75. The number of benzene rings is 1. The van der Waals surface area contributed by atoms with E-state index in [1.54, 1.807) is 4.57 Å². The number of nitrogens with zero attached hydrogens (tertiary/aromatic N) is 3. The molecule has 0 aliphatic heterocycles. The molecule has 0 amide bonds. The number of aryl methyl sites for hydroxylation is 2. The molecule has 0 saturated carbocycles. The highest BCUT2D eigenvalue weighted by Gasteiger charge is 2.10. The lowest BCUT2D eigenvalue weighted by Crippen LogP contribution is -2.13. The molecule has 3 rings (SSSR count). The van der Waals surface area contributed by atoms with Gasteiger partial charge in [0.15, 0.2) is 11.2 Å². The SMILES string of the molecule is CCc1cc(Nc2nc3c(ncn3CCO)c(=O)[nH]2)ccc1C. The zero-order valence-corrected chi connectivity index (χ0v) is 13.1. The van der Waals surface area contributed by atoms with Crippen molar-refractivity contribution < 1.29 is 5.11 Å². The molecule has 0 atom stereocenters. The van der Waals surface area contributed by atoms with E-state index in [-0.39, 0.29) is 17.7 Å². The number of aliphatic hydroxyl groups excluding tert-OH is 1. The lowest BCUT2D eigenvalue weighted by Gasteiger charge is -2.09. The van der Waals surface area contributed by atoms with E-state index in [2.05, 4.69) is 34.1 Å². The number of hydrogen-bond donors (Lipinski definition) is 3.